The maximum absolute atomic E-state index is 12.3. The van der Waals surface area contributed by atoms with Crippen molar-refractivity contribution in [2.24, 2.45) is 0 Å². The molecule has 6 heteroatoms. The van der Waals surface area contributed by atoms with Crippen LogP contribution < -0.4 is 10.2 Å². The van der Waals surface area contributed by atoms with Gasteiger partial charge in [-0.05, 0) is 37.1 Å². The molecule has 0 unspecified atom stereocenters. The molecule has 0 spiro atoms. The van der Waals surface area contributed by atoms with Crippen molar-refractivity contribution in [1.29, 1.82) is 0 Å². The van der Waals surface area contributed by atoms with Crippen LogP contribution in [0.25, 0.3) is 0 Å². The lowest BCUT2D eigenvalue weighted by molar-refractivity contribution is -0.140. The number of nitrogens with one attached hydrogen (secondary N) is 1. The van der Waals surface area contributed by atoms with Gasteiger partial charge in [-0.15, -0.1) is 0 Å². The SMILES string of the molecule is COC(=O)CCCCCNC(=O)CCN1c2ccccc2Sc2ccccc21. The summed E-state index contributed by atoms with van der Waals surface area (Å²) in [5.74, 6) is -0.120. The lowest BCUT2D eigenvalue weighted by Gasteiger charge is -2.32. The highest BCUT2D eigenvalue weighted by molar-refractivity contribution is 7.99. The zero-order chi connectivity index (χ0) is 19.8. The molecule has 2 aromatic carbocycles. The number of hydrogen-bond acceptors (Lipinski definition) is 5. The number of para-hydroxylation sites is 2. The molecule has 0 saturated heterocycles. The monoisotopic (exact) mass is 398 g/mol. The molecule has 28 heavy (non-hydrogen) atoms. The summed E-state index contributed by atoms with van der Waals surface area (Å²) in [6.07, 6.45) is 3.45. The van der Waals surface area contributed by atoms with Gasteiger partial charge in [-0.2, -0.15) is 0 Å². The van der Waals surface area contributed by atoms with E-state index < -0.39 is 0 Å². The zero-order valence-electron chi connectivity index (χ0n) is 16.1. The van der Waals surface area contributed by atoms with E-state index in [9.17, 15) is 9.59 Å². The van der Waals surface area contributed by atoms with Crippen molar-refractivity contribution in [3.63, 3.8) is 0 Å². The fraction of sp³-hybridized carbons (Fsp3) is 0.364. The Morgan fingerprint density at radius 3 is 2.21 bits per heavy atom. The van der Waals surface area contributed by atoms with Crippen molar-refractivity contribution in [2.75, 3.05) is 25.1 Å². The Morgan fingerprint density at radius 1 is 0.929 bits per heavy atom. The van der Waals surface area contributed by atoms with E-state index in [1.54, 1.807) is 11.8 Å². The molecule has 1 amide bonds. The minimum Gasteiger partial charge on any atom is -0.469 e. The first-order valence-electron chi connectivity index (χ1n) is 9.66. The number of methoxy groups -OCH3 is 1. The molecule has 1 N–H and O–H groups in total. The number of esters is 1. The van der Waals surface area contributed by atoms with Crippen LogP contribution in [0, 0.1) is 0 Å². The second kappa shape index (κ2) is 10.2. The van der Waals surface area contributed by atoms with E-state index in [1.165, 1.54) is 16.9 Å². The first-order chi connectivity index (χ1) is 13.7. The summed E-state index contributed by atoms with van der Waals surface area (Å²) in [5, 5.41) is 2.99. The molecule has 1 aliphatic rings. The molecule has 0 aliphatic carbocycles. The normalized spacial score (nSPS) is 12.1. The third kappa shape index (κ3) is 5.29. The first-order valence-corrected chi connectivity index (χ1v) is 10.5. The van der Waals surface area contributed by atoms with Crippen LogP contribution in [0.1, 0.15) is 32.1 Å². The van der Waals surface area contributed by atoms with Gasteiger partial charge < -0.3 is 15.0 Å². The van der Waals surface area contributed by atoms with Crippen molar-refractivity contribution in [3.8, 4) is 0 Å². The van der Waals surface area contributed by atoms with Crippen molar-refractivity contribution in [3.05, 3.63) is 48.5 Å². The van der Waals surface area contributed by atoms with Crippen LogP contribution in [0.4, 0.5) is 11.4 Å². The van der Waals surface area contributed by atoms with Crippen LogP contribution in [0.5, 0.6) is 0 Å². The number of carbonyl (C=O) groups excluding carboxylic acids is 2. The molecule has 5 nitrogen and oxygen atoms in total. The van der Waals surface area contributed by atoms with Gasteiger partial charge >= 0.3 is 5.97 Å². The molecule has 0 fully saturated rings. The van der Waals surface area contributed by atoms with Crippen LogP contribution in [-0.2, 0) is 14.3 Å². The molecular formula is C22H26N2O3S. The molecular weight excluding hydrogens is 372 g/mol. The van der Waals surface area contributed by atoms with Crippen molar-refractivity contribution < 1.29 is 14.3 Å². The second-order valence-electron chi connectivity index (χ2n) is 6.68. The van der Waals surface area contributed by atoms with E-state index in [1.807, 2.05) is 24.3 Å². The van der Waals surface area contributed by atoms with E-state index in [2.05, 4.69) is 39.2 Å². The summed E-state index contributed by atoms with van der Waals surface area (Å²) >= 11 is 1.77. The van der Waals surface area contributed by atoms with Crippen LogP contribution in [0.15, 0.2) is 58.3 Å². The van der Waals surface area contributed by atoms with Gasteiger partial charge in [-0.1, -0.05) is 42.4 Å². The van der Waals surface area contributed by atoms with Gasteiger partial charge in [0.15, 0.2) is 0 Å². The summed E-state index contributed by atoms with van der Waals surface area (Å²) in [5.41, 5.74) is 2.31. The van der Waals surface area contributed by atoms with Gasteiger partial charge in [0.25, 0.3) is 0 Å². The minimum atomic E-state index is -0.177. The number of rotatable bonds is 9. The third-order valence-electron chi connectivity index (χ3n) is 4.70. The molecule has 1 aliphatic heterocycles. The Hall–Kier alpha value is -2.47. The maximum Gasteiger partial charge on any atom is 0.305 e. The van der Waals surface area contributed by atoms with Gasteiger partial charge in [-0.25, -0.2) is 0 Å². The second-order valence-corrected chi connectivity index (χ2v) is 7.76. The smallest absolute Gasteiger partial charge is 0.305 e. The van der Waals surface area contributed by atoms with Crippen LogP contribution in [0.2, 0.25) is 0 Å². The molecule has 0 aromatic heterocycles. The molecule has 1 heterocycles. The fourth-order valence-corrected chi connectivity index (χ4v) is 4.32. The summed E-state index contributed by atoms with van der Waals surface area (Å²) in [4.78, 5) is 28.0. The van der Waals surface area contributed by atoms with E-state index in [4.69, 9.17) is 0 Å². The van der Waals surface area contributed by atoms with Gasteiger partial charge in [-0.3, -0.25) is 9.59 Å². The molecule has 2 aromatic rings. The summed E-state index contributed by atoms with van der Waals surface area (Å²) in [6.45, 7) is 1.28. The highest BCUT2D eigenvalue weighted by atomic mass is 32.2. The molecule has 0 atom stereocenters. The standard InChI is InChI=1S/C22H26N2O3S/c1-27-22(26)13-3-2-8-15-23-21(25)14-16-24-17-9-4-6-11-19(17)28-20-12-7-5-10-18(20)24/h4-7,9-12H,2-3,8,13-16H2,1H3,(H,23,25). The Kier molecular flexibility index (Phi) is 7.37. The lowest BCUT2D eigenvalue weighted by atomic mass is 10.2. The quantitative estimate of drug-likeness (QED) is 0.497. The average molecular weight is 399 g/mol. The Balaban J connectivity index is 1.48. The van der Waals surface area contributed by atoms with E-state index in [0.717, 1.165) is 30.6 Å². The Morgan fingerprint density at radius 2 is 1.57 bits per heavy atom. The Bertz CT molecular complexity index is 779. The fourth-order valence-electron chi connectivity index (χ4n) is 3.22. The van der Waals surface area contributed by atoms with E-state index in [0.29, 0.717) is 25.9 Å². The predicted molar refractivity (Wildman–Crippen MR) is 112 cm³/mol. The summed E-state index contributed by atoms with van der Waals surface area (Å²) < 4.78 is 4.62. The molecule has 0 saturated carbocycles. The van der Waals surface area contributed by atoms with Crippen LogP contribution in [-0.4, -0.2) is 32.1 Å². The largest absolute Gasteiger partial charge is 0.469 e. The molecule has 148 valence electrons. The molecule has 0 radical (unpaired) electrons. The number of anilines is 2. The highest BCUT2D eigenvalue weighted by Crippen LogP contribution is 2.47. The van der Waals surface area contributed by atoms with Crippen molar-refractivity contribution >= 4 is 35.0 Å². The summed E-state index contributed by atoms with van der Waals surface area (Å²) in [7, 11) is 1.40. The highest BCUT2D eigenvalue weighted by Gasteiger charge is 2.22. The Labute approximate surface area is 170 Å². The first kappa shape index (κ1) is 20.3. The van der Waals surface area contributed by atoms with Crippen LogP contribution in [0.3, 0.4) is 0 Å². The van der Waals surface area contributed by atoms with Gasteiger partial charge in [0.1, 0.15) is 0 Å². The van der Waals surface area contributed by atoms with Crippen molar-refractivity contribution in [2.45, 2.75) is 41.9 Å². The number of fused-ring (bicyclic) bond motifs is 2. The number of unbranched alkanes of at least 4 members (excludes halogenated alkanes) is 2. The molecule has 3 rings (SSSR count). The number of benzene rings is 2. The van der Waals surface area contributed by atoms with E-state index in [-0.39, 0.29) is 11.9 Å². The average Bonchev–Trinajstić information content (AvgIpc) is 2.73. The van der Waals surface area contributed by atoms with Gasteiger partial charge in [0, 0.05) is 35.7 Å². The van der Waals surface area contributed by atoms with Crippen molar-refractivity contribution in [1.82, 2.24) is 5.32 Å². The number of amides is 1. The van der Waals surface area contributed by atoms with Crippen LogP contribution >= 0.6 is 11.8 Å². The summed E-state index contributed by atoms with van der Waals surface area (Å²) in [6, 6.07) is 16.6. The van der Waals surface area contributed by atoms with E-state index >= 15 is 0 Å². The third-order valence-corrected chi connectivity index (χ3v) is 5.83. The number of hydrogen-bond donors (Lipinski definition) is 1. The number of nitrogens with zero attached hydrogens (tertiary/aromatic N) is 1. The lowest BCUT2D eigenvalue weighted by Crippen LogP contribution is -2.30. The topological polar surface area (TPSA) is 58.6 Å². The van der Waals surface area contributed by atoms with Gasteiger partial charge in [0.2, 0.25) is 5.91 Å². The number of carbonyl (C=O) groups is 2. The zero-order valence-corrected chi connectivity index (χ0v) is 17.0. The minimum absolute atomic E-state index is 0.0566. The number of ether oxygens (including phenoxy) is 1. The van der Waals surface area contributed by atoms with Gasteiger partial charge in [0.05, 0.1) is 18.5 Å². The predicted octanol–water partition coefficient (Wildman–Crippen LogP) is 4.53. The molecule has 0 bridgehead atoms. The maximum atomic E-state index is 12.3.